The van der Waals surface area contributed by atoms with Gasteiger partial charge < -0.3 is 20.2 Å². The summed E-state index contributed by atoms with van der Waals surface area (Å²) in [6.45, 7) is 0.786. The third kappa shape index (κ3) is 3.68. The normalized spacial score (nSPS) is 21.1. The molecule has 2 aromatic rings. The molecule has 0 saturated heterocycles. The number of nitrogens with one attached hydrogen (secondary N) is 2. The van der Waals surface area contributed by atoms with E-state index in [-0.39, 0.29) is 12.6 Å². The Morgan fingerprint density at radius 1 is 1.23 bits per heavy atom. The Hall–Kier alpha value is -2.27. The van der Waals surface area contributed by atoms with Crippen LogP contribution in [0.4, 0.5) is 4.79 Å². The lowest BCUT2D eigenvalue weighted by molar-refractivity contribution is 0.148. The average molecular weight is 300 g/mol. The highest BCUT2D eigenvalue weighted by Crippen LogP contribution is 2.46. The summed E-state index contributed by atoms with van der Waals surface area (Å²) in [5.41, 5.74) is 1.34. The minimum Gasteiger partial charge on any atom is -0.467 e. The first-order valence-corrected chi connectivity index (χ1v) is 7.52. The van der Waals surface area contributed by atoms with Gasteiger partial charge in [0.2, 0.25) is 0 Å². The molecule has 22 heavy (non-hydrogen) atoms. The number of hydrogen-bond donors (Lipinski definition) is 3. The molecule has 3 unspecified atom stereocenters. The molecular weight excluding hydrogens is 280 g/mol. The van der Waals surface area contributed by atoms with Crippen molar-refractivity contribution in [2.45, 2.75) is 18.4 Å². The maximum Gasteiger partial charge on any atom is 0.314 e. The Labute approximate surface area is 129 Å². The molecule has 0 bridgehead atoms. The number of carbonyl (C=O) groups is 1. The zero-order valence-corrected chi connectivity index (χ0v) is 12.2. The molecule has 5 heteroatoms. The first-order valence-electron chi connectivity index (χ1n) is 7.52. The van der Waals surface area contributed by atoms with Gasteiger partial charge >= 0.3 is 6.03 Å². The molecule has 3 atom stereocenters. The van der Waals surface area contributed by atoms with Crippen molar-refractivity contribution in [2.24, 2.45) is 5.92 Å². The van der Waals surface area contributed by atoms with Crippen LogP contribution in [0.15, 0.2) is 53.1 Å². The summed E-state index contributed by atoms with van der Waals surface area (Å²) in [6.07, 6.45) is 1.79. The van der Waals surface area contributed by atoms with Crippen molar-refractivity contribution in [2.75, 3.05) is 13.1 Å². The highest BCUT2D eigenvalue weighted by molar-refractivity contribution is 5.73. The van der Waals surface area contributed by atoms with Crippen molar-refractivity contribution < 1.29 is 14.3 Å². The van der Waals surface area contributed by atoms with E-state index in [1.165, 1.54) is 11.8 Å². The average Bonchev–Trinajstić information content (AvgIpc) is 3.12. The van der Waals surface area contributed by atoms with Crippen LogP contribution in [0.5, 0.6) is 0 Å². The van der Waals surface area contributed by atoms with E-state index in [0.29, 0.717) is 24.1 Å². The highest BCUT2D eigenvalue weighted by atomic mass is 16.4. The van der Waals surface area contributed by atoms with E-state index < -0.39 is 6.10 Å². The molecule has 2 amide bonds. The number of aliphatic hydroxyl groups is 1. The number of amides is 2. The predicted octanol–water partition coefficient (Wildman–Crippen LogP) is 2.42. The zero-order valence-electron chi connectivity index (χ0n) is 12.2. The molecule has 1 fully saturated rings. The van der Waals surface area contributed by atoms with Crippen molar-refractivity contribution in [3.8, 4) is 0 Å². The van der Waals surface area contributed by atoms with Crippen LogP contribution in [0.1, 0.15) is 29.8 Å². The van der Waals surface area contributed by atoms with Crippen LogP contribution in [-0.2, 0) is 0 Å². The Balaban J connectivity index is 1.35. The van der Waals surface area contributed by atoms with Gasteiger partial charge in [-0.05, 0) is 36.0 Å². The molecular formula is C17H20N2O3. The number of benzene rings is 1. The standard InChI is InChI=1S/C17H20N2O3/c20-15(16-7-4-8-22-16)11-19-17(21)18-10-13-9-14(13)12-5-2-1-3-6-12/h1-8,13-15,20H,9-11H2,(H2,18,19,21). The number of furan rings is 1. The largest absolute Gasteiger partial charge is 0.467 e. The summed E-state index contributed by atoms with van der Waals surface area (Å²) in [5.74, 6) is 1.50. The fraction of sp³-hybridized carbons (Fsp3) is 0.353. The van der Waals surface area contributed by atoms with Crippen molar-refractivity contribution in [3.05, 3.63) is 60.1 Å². The Morgan fingerprint density at radius 3 is 2.77 bits per heavy atom. The second-order valence-electron chi connectivity index (χ2n) is 5.64. The molecule has 3 N–H and O–H groups in total. The van der Waals surface area contributed by atoms with Gasteiger partial charge in [-0.25, -0.2) is 4.79 Å². The SMILES string of the molecule is O=C(NCC(O)c1ccco1)NCC1CC1c1ccccc1. The number of aliphatic hydroxyl groups excluding tert-OH is 1. The van der Waals surface area contributed by atoms with Gasteiger partial charge in [0.25, 0.3) is 0 Å². The van der Waals surface area contributed by atoms with Crippen LogP contribution >= 0.6 is 0 Å². The third-order valence-corrected chi connectivity index (χ3v) is 4.00. The second kappa shape index (κ2) is 6.66. The summed E-state index contributed by atoms with van der Waals surface area (Å²) in [5, 5.41) is 15.3. The molecule has 0 spiro atoms. The van der Waals surface area contributed by atoms with E-state index in [4.69, 9.17) is 4.42 Å². The molecule has 5 nitrogen and oxygen atoms in total. The van der Waals surface area contributed by atoms with E-state index in [1.807, 2.05) is 18.2 Å². The van der Waals surface area contributed by atoms with Crippen LogP contribution in [0.2, 0.25) is 0 Å². The molecule has 1 aliphatic rings. The predicted molar refractivity (Wildman–Crippen MR) is 82.4 cm³/mol. The Kier molecular flexibility index (Phi) is 4.44. The van der Waals surface area contributed by atoms with E-state index in [0.717, 1.165) is 6.42 Å². The molecule has 1 aromatic heterocycles. The van der Waals surface area contributed by atoms with Crippen molar-refractivity contribution in [1.29, 1.82) is 0 Å². The lowest BCUT2D eigenvalue weighted by Crippen LogP contribution is -2.38. The van der Waals surface area contributed by atoms with Crippen LogP contribution in [0.25, 0.3) is 0 Å². The lowest BCUT2D eigenvalue weighted by atomic mass is 10.1. The van der Waals surface area contributed by atoms with Gasteiger partial charge in [0.15, 0.2) is 0 Å². The van der Waals surface area contributed by atoms with E-state index in [2.05, 4.69) is 22.8 Å². The van der Waals surface area contributed by atoms with Gasteiger partial charge in [-0.15, -0.1) is 0 Å². The van der Waals surface area contributed by atoms with Crippen molar-refractivity contribution >= 4 is 6.03 Å². The van der Waals surface area contributed by atoms with Gasteiger partial charge in [-0.2, -0.15) is 0 Å². The maximum absolute atomic E-state index is 11.7. The molecule has 1 saturated carbocycles. The number of carbonyl (C=O) groups excluding carboxylic acids is 1. The fourth-order valence-electron chi connectivity index (χ4n) is 2.64. The zero-order chi connectivity index (χ0) is 15.4. The minimum atomic E-state index is -0.821. The first kappa shape index (κ1) is 14.7. The smallest absolute Gasteiger partial charge is 0.314 e. The summed E-state index contributed by atoms with van der Waals surface area (Å²) in [7, 11) is 0. The van der Waals surface area contributed by atoms with E-state index in [9.17, 15) is 9.90 Å². The van der Waals surface area contributed by atoms with Gasteiger partial charge in [-0.3, -0.25) is 0 Å². The lowest BCUT2D eigenvalue weighted by Gasteiger charge is -2.10. The van der Waals surface area contributed by atoms with Crippen molar-refractivity contribution in [1.82, 2.24) is 10.6 Å². The highest BCUT2D eigenvalue weighted by Gasteiger charge is 2.37. The maximum atomic E-state index is 11.7. The number of rotatable bonds is 6. The molecule has 1 heterocycles. The second-order valence-corrected chi connectivity index (χ2v) is 5.64. The monoisotopic (exact) mass is 300 g/mol. The molecule has 1 aliphatic carbocycles. The molecule has 0 radical (unpaired) electrons. The summed E-state index contributed by atoms with van der Waals surface area (Å²) in [6, 6.07) is 13.5. The number of urea groups is 1. The quantitative estimate of drug-likeness (QED) is 0.767. The Morgan fingerprint density at radius 2 is 2.05 bits per heavy atom. The first-order chi connectivity index (χ1) is 10.7. The third-order valence-electron chi connectivity index (χ3n) is 4.00. The summed E-state index contributed by atoms with van der Waals surface area (Å²) < 4.78 is 5.08. The van der Waals surface area contributed by atoms with Crippen LogP contribution in [0, 0.1) is 5.92 Å². The Bertz CT molecular complexity index is 598. The molecule has 3 rings (SSSR count). The minimum absolute atomic E-state index is 0.131. The van der Waals surface area contributed by atoms with Crippen LogP contribution in [0.3, 0.4) is 0 Å². The molecule has 116 valence electrons. The van der Waals surface area contributed by atoms with Gasteiger partial charge in [0.05, 0.1) is 12.8 Å². The van der Waals surface area contributed by atoms with Crippen LogP contribution < -0.4 is 10.6 Å². The summed E-state index contributed by atoms with van der Waals surface area (Å²) in [4.78, 5) is 11.7. The molecule has 0 aliphatic heterocycles. The van der Waals surface area contributed by atoms with Crippen LogP contribution in [-0.4, -0.2) is 24.2 Å². The number of hydrogen-bond acceptors (Lipinski definition) is 3. The van der Waals surface area contributed by atoms with E-state index in [1.54, 1.807) is 12.1 Å². The van der Waals surface area contributed by atoms with Gasteiger partial charge in [0, 0.05) is 6.54 Å². The fourth-order valence-corrected chi connectivity index (χ4v) is 2.64. The van der Waals surface area contributed by atoms with Gasteiger partial charge in [-0.1, -0.05) is 30.3 Å². The van der Waals surface area contributed by atoms with E-state index >= 15 is 0 Å². The summed E-state index contributed by atoms with van der Waals surface area (Å²) >= 11 is 0. The van der Waals surface area contributed by atoms with Crippen molar-refractivity contribution in [3.63, 3.8) is 0 Å². The molecule has 1 aromatic carbocycles. The topological polar surface area (TPSA) is 74.5 Å². The van der Waals surface area contributed by atoms with Gasteiger partial charge in [0.1, 0.15) is 11.9 Å².